The minimum Gasteiger partial charge on any atom is -0.489 e. The zero-order valence-electron chi connectivity index (χ0n) is 20.4. The van der Waals surface area contributed by atoms with E-state index < -0.39 is 29.9 Å². The van der Waals surface area contributed by atoms with Crippen molar-refractivity contribution >= 4 is 18.0 Å². The quantitative estimate of drug-likeness (QED) is 0.234. The molecule has 1 amide bonds. The van der Waals surface area contributed by atoms with E-state index in [0.717, 1.165) is 10.6 Å². The smallest absolute Gasteiger partial charge is 0.305 e. The number of carboxylic acids is 1. The van der Waals surface area contributed by atoms with E-state index in [1.807, 2.05) is 51.1 Å². The molecule has 0 aromatic heterocycles. The van der Waals surface area contributed by atoms with Crippen LogP contribution in [0, 0.1) is 0 Å². The number of hydrazone groups is 1. The average molecular weight is 489 g/mol. The Morgan fingerprint density at radius 1 is 0.972 bits per heavy atom. The van der Waals surface area contributed by atoms with Crippen LogP contribution in [0.2, 0.25) is 0 Å². The van der Waals surface area contributed by atoms with Gasteiger partial charge in [0, 0.05) is 11.6 Å². The van der Waals surface area contributed by atoms with Gasteiger partial charge in [-0.05, 0) is 44.0 Å². The molecule has 3 rings (SSSR count). The normalized spacial score (nSPS) is 11.6. The lowest BCUT2D eigenvalue weighted by Crippen LogP contribution is -2.32. The Kier molecular flexibility index (Phi) is 8.60. The number of carbonyl (C=O) groups is 2. The van der Waals surface area contributed by atoms with Crippen molar-refractivity contribution in [2.24, 2.45) is 5.10 Å². The van der Waals surface area contributed by atoms with Crippen molar-refractivity contribution in [2.75, 3.05) is 0 Å². The summed E-state index contributed by atoms with van der Waals surface area (Å²) in [6.45, 7) is 5.86. The van der Waals surface area contributed by atoms with Gasteiger partial charge >= 0.3 is 5.97 Å². The highest BCUT2D eigenvalue weighted by Crippen LogP contribution is 2.31. The summed E-state index contributed by atoms with van der Waals surface area (Å²) in [7, 11) is 0. The van der Waals surface area contributed by atoms with Gasteiger partial charge < -0.3 is 14.6 Å². The van der Waals surface area contributed by atoms with E-state index >= 15 is 0 Å². The summed E-state index contributed by atoms with van der Waals surface area (Å²) in [6.07, 6.45) is 0.919. The highest BCUT2D eigenvalue weighted by molar-refractivity contribution is 5.95. The maximum Gasteiger partial charge on any atom is 0.305 e. The Labute approximate surface area is 209 Å². The maximum atomic E-state index is 13.6. The van der Waals surface area contributed by atoms with Gasteiger partial charge in [0.1, 0.15) is 23.7 Å². The van der Waals surface area contributed by atoms with E-state index in [2.05, 4.69) is 5.10 Å². The Bertz CT molecular complexity index is 1230. The maximum absolute atomic E-state index is 13.6. The molecule has 0 aliphatic carbocycles. The van der Waals surface area contributed by atoms with Gasteiger partial charge in [-0.25, -0.2) is 9.80 Å². The fraction of sp³-hybridized carbons (Fsp3) is 0.250. The molecule has 0 bridgehead atoms. The molecule has 36 heavy (non-hydrogen) atoms. The third kappa shape index (κ3) is 7.55. The summed E-state index contributed by atoms with van der Waals surface area (Å²) in [4.78, 5) is 36.5. The summed E-state index contributed by atoms with van der Waals surface area (Å²) in [5.41, 5.74) is 1.000. The number of ether oxygens (including phenoxy) is 2. The molecule has 0 radical (unpaired) electrons. The number of rotatable bonds is 10. The van der Waals surface area contributed by atoms with Crippen LogP contribution in [0.1, 0.15) is 54.7 Å². The predicted octanol–water partition coefficient (Wildman–Crippen LogP) is 5.35. The van der Waals surface area contributed by atoms with E-state index in [0.29, 0.717) is 17.1 Å². The lowest BCUT2D eigenvalue weighted by Gasteiger charge is -2.26. The molecule has 1 atom stereocenters. The molecule has 0 saturated heterocycles. The standard InChI is InChI=1S/C28H28N2O6/c1-28(2,3)36-24-15-22(14-23(16-24)35-18-20-10-6-4-7-11-20)27(34)30(29-19-31)25(17-26(32)33)21-12-8-5-9-13-21/h4-16,25H,17-18H2,1-3H3,(H,32,33). The lowest BCUT2D eigenvalue weighted by molar-refractivity contribution is -0.138. The summed E-state index contributed by atoms with van der Waals surface area (Å²) >= 11 is 0. The van der Waals surface area contributed by atoms with Gasteiger partial charge in [-0.1, -0.05) is 65.8 Å². The van der Waals surface area contributed by atoms with Crippen molar-refractivity contribution in [3.05, 3.63) is 95.6 Å². The highest BCUT2D eigenvalue weighted by atomic mass is 16.5. The topological polar surface area (TPSA) is 106 Å². The van der Waals surface area contributed by atoms with Gasteiger partial charge in [0.05, 0.1) is 12.5 Å². The van der Waals surface area contributed by atoms with Crippen LogP contribution >= 0.6 is 0 Å². The number of benzene rings is 3. The Hall–Kier alpha value is -4.42. The zero-order chi connectivity index (χ0) is 26.1. The fourth-order valence-electron chi connectivity index (χ4n) is 3.55. The van der Waals surface area contributed by atoms with Crippen LogP contribution in [0.5, 0.6) is 11.5 Å². The van der Waals surface area contributed by atoms with Crippen LogP contribution < -0.4 is 9.47 Å². The minimum atomic E-state index is -1.15. The van der Waals surface area contributed by atoms with Crippen molar-refractivity contribution in [2.45, 2.75) is 45.4 Å². The van der Waals surface area contributed by atoms with E-state index in [-0.39, 0.29) is 12.2 Å². The number of carboxylic acid groups (broad SMARTS) is 1. The van der Waals surface area contributed by atoms with Gasteiger partial charge in [-0.2, -0.15) is 0 Å². The number of hydrogen-bond donors (Lipinski definition) is 1. The molecule has 0 heterocycles. The van der Waals surface area contributed by atoms with E-state index in [4.69, 9.17) is 9.47 Å². The first-order valence-corrected chi connectivity index (χ1v) is 11.3. The first-order chi connectivity index (χ1) is 17.2. The molecular formula is C28H28N2O6. The molecule has 3 aromatic carbocycles. The molecule has 3 aromatic rings. The number of isocyanates is 1. The van der Waals surface area contributed by atoms with Gasteiger partial charge in [0.15, 0.2) is 0 Å². The first kappa shape index (κ1) is 26.2. The van der Waals surface area contributed by atoms with E-state index in [1.54, 1.807) is 36.4 Å². The van der Waals surface area contributed by atoms with Crippen LogP contribution in [0.3, 0.4) is 0 Å². The summed E-state index contributed by atoms with van der Waals surface area (Å²) in [5, 5.41) is 13.9. The van der Waals surface area contributed by atoms with Crippen molar-refractivity contribution in [3.8, 4) is 11.5 Å². The second-order valence-electron chi connectivity index (χ2n) is 9.05. The molecule has 0 spiro atoms. The number of nitrogens with zero attached hydrogens (tertiary/aromatic N) is 2. The highest BCUT2D eigenvalue weighted by Gasteiger charge is 2.30. The van der Waals surface area contributed by atoms with Crippen LogP contribution in [0.25, 0.3) is 0 Å². The summed E-state index contributed by atoms with van der Waals surface area (Å²) in [6, 6.07) is 21.7. The van der Waals surface area contributed by atoms with Crippen LogP contribution in [0.4, 0.5) is 0 Å². The van der Waals surface area contributed by atoms with Crippen LogP contribution in [0.15, 0.2) is 84.0 Å². The van der Waals surface area contributed by atoms with Gasteiger partial charge in [-0.3, -0.25) is 9.59 Å². The largest absolute Gasteiger partial charge is 0.489 e. The molecule has 8 heteroatoms. The zero-order valence-corrected chi connectivity index (χ0v) is 20.4. The Morgan fingerprint density at radius 3 is 2.17 bits per heavy atom. The van der Waals surface area contributed by atoms with Crippen molar-refractivity contribution in [1.29, 1.82) is 0 Å². The molecule has 186 valence electrons. The van der Waals surface area contributed by atoms with Crippen LogP contribution in [-0.2, 0) is 16.2 Å². The second kappa shape index (κ2) is 11.8. The van der Waals surface area contributed by atoms with Gasteiger partial charge in [0.25, 0.3) is 12.0 Å². The van der Waals surface area contributed by atoms with Gasteiger partial charge in [0.2, 0.25) is 0 Å². The average Bonchev–Trinajstić information content (AvgIpc) is 2.84. The summed E-state index contributed by atoms with van der Waals surface area (Å²) < 4.78 is 11.9. The third-order valence-electron chi connectivity index (χ3n) is 5.00. The monoisotopic (exact) mass is 488 g/mol. The van der Waals surface area contributed by atoms with E-state index in [9.17, 15) is 19.5 Å². The second-order valence-corrected chi connectivity index (χ2v) is 9.05. The van der Waals surface area contributed by atoms with E-state index in [1.165, 1.54) is 18.2 Å². The summed E-state index contributed by atoms with van der Waals surface area (Å²) in [5.74, 6) is -1.11. The van der Waals surface area contributed by atoms with Gasteiger partial charge in [-0.15, -0.1) is 0 Å². The molecule has 0 fully saturated rings. The molecule has 0 aliphatic heterocycles. The predicted molar refractivity (Wildman–Crippen MR) is 133 cm³/mol. The minimum absolute atomic E-state index is 0.116. The number of carbonyl (C=O) groups excluding carboxylic acids is 2. The fourth-order valence-corrected chi connectivity index (χ4v) is 3.55. The number of aliphatic carboxylic acids is 1. The molecule has 8 nitrogen and oxygen atoms in total. The Balaban J connectivity index is 2.01. The first-order valence-electron chi connectivity index (χ1n) is 11.3. The van der Waals surface area contributed by atoms with Crippen molar-refractivity contribution in [3.63, 3.8) is 0 Å². The number of amides is 1. The van der Waals surface area contributed by atoms with Crippen LogP contribution in [-0.4, -0.2) is 33.7 Å². The molecule has 0 saturated carbocycles. The number of hydrogen-bond acceptors (Lipinski definition) is 6. The van der Waals surface area contributed by atoms with Crippen molar-refractivity contribution in [1.82, 2.24) is 5.01 Å². The van der Waals surface area contributed by atoms with Crippen molar-refractivity contribution < 1.29 is 29.0 Å². The molecule has 1 N–H and O–H groups in total. The SMILES string of the molecule is CC(C)(C)Oc1cc(OCc2ccccc2)cc(C(=O)N(N=C=O)C(CC(=O)O)c2ccccc2)c1. The lowest BCUT2D eigenvalue weighted by atomic mass is 10.0. The molecule has 1 unspecified atom stereocenters. The Morgan fingerprint density at radius 2 is 1.58 bits per heavy atom. The third-order valence-corrected chi connectivity index (χ3v) is 5.00. The molecular weight excluding hydrogens is 460 g/mol. The molecule has 0 aliphatic rings.